The quantitative estimate of drug-likeness (QED) is 0.865. The van der Waals surface area contributed by atoms with Gasteiger partial charge >= 0.3 is 0 Å². The number of benzene rings is 1. The minimum absolute atomic E-state index is 0.187. The molecule has 0 aliphatic carbocycles. The summed E-state index contributed by atoms with van der Waals surface area (Å²) in [4.78, 5) is 4.14. The third kappa shape index (κ3) is 3.69. The Kier molecular flexibility index (Phi) is 4.36. The van der Waals surface area contributed by atoms with Gasteiger partial charge in [-0.05, 0) is 36.8 Å². The second-order valence-corrected chi connectivity index (χ2v) is 4.38. The molecule has 0 aliphatic rings. The number of nitrogens with one attached hydrogen (secondary N) is 1. The molecule has 19 heavy (non-hydrogen) atoms. The first-order chi connectivity index (χ1) is 9.19. The summed E-state index contributed by atoms with van der Waals surface area (Å²) in [6, 6.07) is 11.7. The van der Waals surface area contributed by atoms with Crippen LogP contribution < -0.4 is 10.1 Å². The molecule has 0 bridgehead atoms. The third-order valence-corrected chi connectivity index (χ3v) is 3.01. The maximum absolute atomic E-state index is 9.17. The standard InChI is InChI=1S/C15H18N2O2/c1-11(12-3-7-15(19-2)8-4-12)16-9-13-5-6-14(18)10-17-13/h3-8,10-11,16,18H,9H2,1-2H3. The van der Waals surface area contributed by atoms with Gasteiger partial charge in [0.25, 0.3) is 0 Å². The van der Waals surface area contributed by atoms with E-state index in [2.05, 4.69) is 17.2 Å². The van der Waals surface area contributed by atoms with Gasteiger partial charge in [-0.3, -0.25) is 4.98 Å². The molecule has 2 N–H and O–H groups in total. The zero-order valence-corrected chi connectivity index (χ0v) is 11.1. The topological polar surface area (TPSA) is 54.4 Å². The summed E-state index contributed by atoms with van der Waals surface area (Å²) in [5, 5.41) is 12.6. The molecule has 100 valence electrons. The van der Waals surface area contributed by atoms with E-state index in [4.69, 9.17) is 9.84 Å². The minimum atomic E-state index is 0.187. The van der Waals surface area contributed by atoms with Gasteiger partial charge in [0, 0.05) is 12.6 Å². The molecule has 0 saturated carbocycles. The highest BCUT2D eigenvalue weighted by Gasteiger charge is 2.05. The summed E-state index contributed by atoms with van der Waals surface area (Å²) >= 11 is 0. The molecule has 0 radical (unpaired) electrons. The van der Waals surface area contributed by atoms with Crippen LogP contribution in [-0.2, 0) is 6.54 Å². The molecule has 0 amide bonds. The molecule has 2 rings (SSSR count). The molecule has 1 aromatic heterocycles. The van der Waals surface area contributed by atoms with Gasteiger partial charge < -0.3 is 15.2 Å². The highest BCUT2D eigenvalue weighted by Crippen LogP contribution is 2.17. The summed E-state index contributed by atoms with van der Waals surface area (Å²) in [7, 11) is 1.66. The average molecular weight is 258 g/mol. The maximum Gasteiger partial charge on any atom is 0.133 e. The van der Waals surface area contributed by atoms with Crippen molar-refractivity contribution in [2.24, 2.45) is 0 Å². The largest absolute Gasteiger partial charge is 0.506 e. The Balaban J connectivity index is 1.93. The smallest absolute Gasteiger partial charge is 0.133 e. The molecular formula is C15H18N2O2. The second-order valence-electron chi connectivity index (χ2n) is 4.38. The zero-order valence-electron chi connectivity index (χ0n) is 11.1. The van der Waals surface area contributed by atoms with Crippen molar-refractivity contribution in [1.29, 1.82) is 0 Å². The first kappa shape index (κ1) is 13.4. The maximum atomic E-state index is 9.17. The minimum Gasteiger partial charge on any atom is -0.506 e. The highest BCUT2D eigenvalue weighted by atomic mass is 16.5. The van der Waals surface area contributed by atoms with Crippen LogP contribution in [0.5, 0.6) is 11.5 Å². The lowest BCUT2D eigenvalue weighted by Crippen LogP contribution is -2.18. The summed E-state index contributed by atoms with van der Waals surface area (Å²) in [6.07, 6.45) is 1.45. The molecule has 1 atom stereocenters. The van der Waals surface area contributed by atoms with Gasteiger partial charge in [0.2, 0.25) is 0 Å². The van der Waals surface area contributed by atoms with Crippen molar-refractivity contribution < 1.29 is 9.84 Å². The average Bonchev–Trinajstić information content (AvgIpc) is 2.46. The van der Waals surface area contributed by atoms with Crippen LogP contribution >= 0.6 is 0 Å². The number of methoxy groups -OCH3 is 1. The lowest BCUT2D eigenvalue weighted by Gasteiger charge is -2.14. The first-order valence-corrected chi connectivity index (χ1v) is 6.20. The van der Waals surface area contributed by atoms with Crippen LogP contribution in [0.3, 0.4) is 0 Å². The Morgan fingerprint density at radius 1 is 1.21 bits per heavy atom. The van der Waals surface area contributed by atoms with Crippen LogP contribution in [0.2, 0.25) is 0 Å². The number of aromatic hydroxyl groups is 1. The van der Waals surface area contributed by atoms with E-state index in [1.807, 2.05) is 30.3 Å². The third-order valence-electron chi connectivity index (χ3n) is 3.01. The fourth-order valence-corrected chi connectivity index (χ4v) is 1.79. The number of aromatic nitrogens is 1. The van der Waals surface area contributed by atoms with Crippen molar-refractivity contribution >= 4 is 0 Å². The number of ether oxygens (including phenoxy) is 1. The predicted octanol–water partition coefficient (Wildman–Crippen LogP) is 2.65. The van der Waals surface area contributed by atoms with Crippen molar-refractivity contribution in [1.82, 2.24) is 10.3 Å². The summed E-state index contributed by atoms with van der Waals surface area (Å²) in [5.74, 6) is 1.04. The Hall–Kier alpha value is -2.07. The molecular weight excluding hydrogens is 240 g/mol. The van der Waals surface area contributed by atoms with Crippen molar-refractivity contribution in [3.8, 4) is 11.5 Å². The van der Waals surface area contributed by atoms with Crippen LogP contribution in [0, 0.1) is 0 Å². The van der Waals surface area contributed by atoms with E-state index in [1.54, 1.807) is 13.2 Å². The predicted molar refractivity (Wildman–Crippen MR) is 74.2 cm³/mol. The summed E-state index contributed by atoms with van der Waals surface area (Å²) in [5.41, 5.74) is 2.10. The van der Waals surface area contributed by atoms with Gasteiger partial charge in [0.1, 0.15) is 11.5 Å². The van der Waals surface area contributed by atoms with Crippen LogP contribution in [-0.4, -0.2) is 17.2 Å². The molecule has 4 heteroatoms. The molecule has 1 heterocycles. The lowest BCUT2D eigenvalue weighted by atomic mass is 10.1. The van der Waals surface area contributed by atoms with Crippen molar-refractivity contribution in [2.75, 3.05) is 7.11 Å². The normalized spacial score (nSPS) is 12.1. The molecule has 0 saturated heterocycles. The van der Waals surface area contributed by atoms with Crippen LogP contribution in [0.1, 0.15) is 24.2 Å². The SMILES string of the molecule is COc1ccc(C(C)NCc2ccc(O)cn2)cc1. The Labute approximate surface area is 113 Å². The van der Waals surface area contributed by atoms with Gasteiger partial charge in [-0.1, -0.05) is 12.1 Å². The number of nitrogens with zero attached hydrogens (tertiary/aromatic N) is 1. The molecule has 4 nitrogen and oxygen atoms in total. The van der Waals surface area contributed by atoms with Gasteiger partial charge in [-0.2, -0.15) is 0 Å². The molecule has 1 aromatic carbocycles. The number of pyridine rings is 1. The lowest BCUT2D eigenvalue weighted by molar-refractivity contribution is 0.414. The van der Waals surface area contributed by atoms with Crippen molar-refractivity contribution in [3.63, 3.8) is 0 Å². The molecule has 0 aliphatic heterocycles. The second kappa shape index (κ2) is 6.20. The van der Waals surface area contributed by atoms with E-state index in [-0.39, 0.29) is 11.8 Å². The van der Waals surface area contributed by atoms with E-state index < -0.39 is 0 Å². The van der Waals surface area contributed by atoms with Crippen molar-refractivity contribution in [3.05, 3.63) is 53.9 Å². The van der Waals surface area contributed by atoms with Gasteiger partial charge in [-0.25, -0.2) is 0 Å². The van der Waals surface area contributed by atoms with E-state index >= 15 is 0 Å². The van der Waals surface area contributed by atoms with Gasteiger partial charge in [0.05, 0.1) is 19.0 Å². The molecule has 0 fully saturated rings. The van der Waals surface area contributed by atoms with Crippen LogP contribution in [0.25, 0.3) is 0 Å². The Morgan fingerprint density at radius 2 is 1.95 bits per heavy atom. The Morgan fingerprint density at radius 3 is 2.53 bits per heavy atom. The van der Waals surface area contributed by atoms with Gasteiger partial charge in [0.15, 0.2) is 0 Å². The van der Waals surface area contributed by atoms with E-state index in [9.17, 15) is 0 Å². The number of hydrogen-bond donors (Lipinski definition) is 2. The van der Waals surface area contributed by atoms with E-state index in [0.717, 1.165) is 11.4 Å². The van der Waals surface area contributed by atoms with Crippen molar-refractivity contribution in [2.45, 2.75) is 19.5 Å². The summed E-state index contributed by atoms with van der Waals surface area (Å²) < 4.78 is 5.14. The van der Waals surface area contributed by atoms with Gasteiger partial charge in [-0.15, -0.1) is 0 Å². The number of hydrogen-bond acceptors (Lipinski definition) is 4. The Bertz CT molecular complexity index is 509. The van der Waals surface area contributed by atoms with E-state index in [1.165, 1.54) is 11.8 Å². The van der Waals surface area contributed by atoms with E-state index in [0.29, 0.717) is 6.54 Å². The monoisotopic (exact) mass is 258 g/mol. The fraction of sp³-hybridized carbons (Fsp3) is 0.267. The molecule has 1 unspecified atom stereocenters. The van der Waals surface area contributed by atoms with Crippen LogP contribution in [0.15, 0.2) is 42.6 Å². The fourth-order valence-electron chi connectivity index (χ4n) is 1.79. The first-order valence-electron chi connectivity index (χ1n) is 6.20. The molecule has 0 spiro atoms. The number of rotatable bonds is 5. The highest BCUT2D eigenvalue weighted by molar-refractivity contribution is 5.28. The zero-order chi connectivity index (χ0) is 13.7. The molecule has 2 aromatic rings. The van der Waals surface area contributed by atoms with Crippen LogP contribution in [0.4, 0.5) is 0 Å². The summed E-state index contributed by atoms with van der Waals surface area (Å²) in [6.45, 7) is 2.76.